The first-order valence-corrected chi connectivity index (χ1v) is 5.36. The molecule has 2 rings (SSSR count). The van der Waals surface area contributed by atoms with E-state index >= 15 is 0 Å². The van der Waals surface area contributed by atoms with Gasteiger partial charge in [0.15, 0.2) is 0 Å². The number of rotatable bonds is 3. The number of thiophene rings is 1. The third kappa shape index (κ3) is 1.87. The minimum absolute atomic E-state index is 0.824. The minimum Gasteiger partial charge on any atom is -0.310 e. The molecule has 1 aromatic heterocycles. The third-order valence-electron chi connectivity index (χ3n) is 2.30. The standard InChI is InChI=1S/C10H15NS/c1-7-5-9(8(2)12-7)6-11-10-3-4-10/h5,10-11H,3-4,6H2,1-2H3. The van der Waals surface area contributed by atoms with Gasteiger partial charge in [0, 0.05) is 22.3 Å². The molecule has 1 aromatic rings. The van der Waals surface area contributed by atoms with Crippen LogP contribution in [0.3, 0.4) is 0 Å². The van der Waals surface area contributed by atoms with Gasteiger partial charge in [0.25, 0.3) is 0 Å². The highest BCUT2D eigenvalue weighted by atomic mass is 32.1. The van der Waals surface area contributed by atoms with Gasteiger partial charge in [0.2, 0.25) is 0 Å². The summed E-state index contributed by atoms with van der Waals surface area (Å²) in [6, 6.07) is 3.12. The fraction of sp³-hybridized carbons (Fsp3) is 0.600. The van der Waals surface area contributed by atoms with Crippen molar-refractivity contribution in [3.8, 4) is 0 Å². The molecule has 1 saturated carbocycles. The van der Waals surface area contributed by atoms with E-state index in [0.717, 1.165) is 12.6 Å². The van der Waals surface area contributed by atoms with Crippen molar-refractivity contribution in [1.82, 2.24) is 5.32 Å². The molecule has 2 heteroatoms. The maximum absolute atomic E-state index is 3.53. The van der Waals surface area contributed by atoms with E-state index in [0.29, 0.717) is 0 Å². The van der Waals surface area contributed by atoms with Gasteiger partial charge < -0.3 is 5.32 Å². The Balaban J connectivity index is 1.96. The van der Waals surface area contributed by atoms with Gasteiger partial charge in [-0.3, -0.25) is 0 Å². The molecular weight excluding hydrogens is 166 g/mol. The summed E-state index contributed by atoms with van der Waals surface area (Å²) in [6.45, 7) is 5.46. The van der Waals surface area contributed by atoms with Gasteiger partial charge in [-0.2, -0.15) is 0 Å². The van der Waals surface area contributed by atoms with E-state index in [1.807, 2.05) is 11.3 Å². The topological polar surface area (TPSA) is 12.0 Å². The molecule has 0 bridgehead atoms. The summed E-state index contributed by atoms with van der Waals surface area (Å²) < 4.78 is 0. The van der Waals surface area contributed by atoms with Gasteiger partial charge in [-0.1, -0.05) is 0 Å². The molecule has 1 nitrogen and oxygen atoms in total. The number of hydrogen-bond acceptors (Lipinski definition) is 2. The lowest BCUT2D eigenvalue weighted by molar-refractivity contribution is 0.687. The van der Waals surface area contributed by atoms with E-state index in [1.165, 1.54) is 28.2 Å². The second-order valence-electron chi connectivity index (χ2n) is 3.59. The monoisotopic (exact) mass is 181 g/mol. The first-order chi connectivity index (χ1) is 5.75. The summed E-state index contributed by atoms with van der Waals surface area (Å²) in [5.41, 5.74) is 1.49. The van der Waals surface area contributed by atoms with Crippen LogP contribution in [0.2, 0.25) is 0 Å². The van der Waals surface area contributed by atoms with Crippen LogP contribution < -0.4 is 5.32 Å². The Morgan fingerprint density at radius 2 is 2.25 bits per heavy atom. The van der Waals surface area contributed by atoms with E-state index in [-0.39, 0.29) is 0 Å². The molecule has 1 fully saturated rings. The Bertz CT molecular complexity index is 273. The predicted octanol–water partition coefficient (Wildman–Crippen LogP) is 2.62. The average molecular weight is 181 g/mol. The van der Waals surface area contributed by atoms with Crippen LogP contribution in [0.5, 0.6) is 0 Å². The van der Waals surface area contributed by atoms with Crippen molar-refractivity contribution in [2.75, 3.05) is 0 Å². The van der Waals surface area contributed by atoms with Gasteiger partial charge in [-0.05, 0) is 38.3 Å². The van der Waals surface area contributed by atoms with Crippen LogP contribution in [-0.2, 0) is 6.54 Å². The zero-order valence-corrected chi connectivity index (χ0v) is 8.50. The van der Waals surface area contributed by atoms with Gasteiger partial charge in [0.1, 0.15) is 0 Å². The largest absolute Gasteiger partial charge is 0.310 e. The molecule has 0 aliphatic heterocycles. The normalized spacial score (nSPS) is 16.8. The van der Waals surface area contributed by atoms with E-state index in [4.69, 9.17) is 0 Å². The van der Waals surface area contributed by atoms with Gasteiger partial charge in [0.05, 0.1) is 0 Å². The van der Waals surface area contributed by atoms with Crippen LogP contribution in [0, 0.1) is 13.8 Å². The summed E-state index contributed by atoms with van der Waals surface area (Å²) in [6.07, 6.45) is 2.75. The van der Waals surface area contributed by atoms with Crippen molar-refractivity contribution in [3.05, 3.63) is 21.4 Å². The zero-order chi connectivity index (χ0) is 8.55. The average Bonchev–Trinajstić information content (AvgIpc) is 2.76. The molecular formula is C10H15NS. The quantitative estimate of drug-likeness (QED) is 0.756. The van der Waals surface area contributed by atoms with Crippen LogP contribution >= 0.6 is 11.3 Å². The number of aryl methyl sites for hydroxylation is 2. The van der Waals surface area contributed by atoms with Crippen LogP contribution in [0.15, 0.2) is 6.07 Å². The molecule has 1 aliphatic rings. The highest BCUT2D eigenvalue weighted by molar-refractivity contribution is 7.12. The van der Waals surface area contributed by atoms with E-state index in [2.05, 4.69) is 25.2 Å². The molecule has 1 aliphatic carbocycles. The highest BCUT2D eigenvalue weighted by Gasteiger charge is 2.20. The second-order valence-corrected chi connectivity index (χ2v) is 5.05. The van der Waals surface area contributed by atoms with Crippen molar-refractivity contribution in [2.45, 2.75) is 39.3 Å². The summed E-state index contributed by atoms with van der Waals surface area (Å²) in [7, 11) is 0. The Kier molecular flexibility index (Phi) is 2.20. The number of hydrogen-bond donors (Lipinski definition) is 1. The van der Waals surface area contributed by atoms with Crippen LogP contribution in [0.1, 0.15) is 28.2 Å². The molecule has 12 heavy (non-hydrogen) atoms. The van der Waals surface area contributed by atoms with Gasteiger partial charge >= 0.3 is 0 Å². The Morgan fingerprint density at radius 1 is 1.50 bits per heavy atom. The molecule has 0 amide bonds. The molecule has 0 aromatic carbocycles. The molecule has 0 saturated heterocycles. The lowest BCUT2D eigenvalue weighted by Gasteiger charge is -2.00. The lowest BCUT2D eigenvalue weighted by atomic mass is 10.2. The maximum atomic E-state index is 3.53. The minimum atomic E-state index is 0.824. The molecule has 0 spiro atoms. The Hall–Kier alpha value is -0.340. The first kappa shape index (κ1) is 8.27. The maximum Gasteiger partial charge on any atom is 0.0219 e. The molecule has 0 atom stereocenters. The summed E-state index contributed by atoms with van der Waals surface area (Å²) >= 11 is 1.90. The van der Waals surface area contributed by atoms with Crippen molar-refractivity contribution in [1.29, 1.82) is 0 Å². The van der Waals surface area contributed by atoms with Crippen molar-refractivity contribution in [3.63, 3.8) is 0 Å². The van der Waals surface area contributed by atoms with E-state index in [9.17, 15) is 0 Å². The lowest BCUT2D eigenvalue weighted by Crippen LogP contribution is -2.15. The highest BCUT2D eigenvalue weighted by Crippen LogP contribution is 2.23. The van der Waals surface area contributed by atoms with Crippen molar-refractivity contribution in [2.24, 2.45) is 0 Å². The Morgan fingerprint density at radius 3 is 2.75 bits per heavy atom. The molecule has 0 radical (unpaired) electrons. The summed E-state index contributed by atoms with van der Waals surface area (Å²) in [5, 5.41) is 3.53. The van der Waals surface area contributed by atoms with Crippen molar-refractivity contribution < 1.29 is 0 Å². The van der Waals surface area contributed by atoms with Crippen LogP contribution in [0.25, 0.3) is 0 Å². The predicted molar refractivity (Wildman–Crippen MR) is 53.7 cm³/mol. The van der Waals surface area contributed by atoms with Crippen LogP contribution in [-0.4, -0.2) is 6.04 Å². The fourth-order valence-corrected chi connectivity index (χ4v) is 2.35. The van der Waals surface area contributed by atoms with Crippen molar-refractivity contribution >= 4 is 11.3 Å². The molecule has 1 N–H and O–H groups in total. The smallest absolute Gasteiger partial charge is 0.0219 e. The van der Waals surface area contributed by atoms with Gasteiger partial charge in [-0.15, -0.1) is 11.3 Å². The third-order valence-corrected chi connectivity index (χ3v) is 3.31. The first-order valence-electron chi connectivity index (χ1n) is 4.55. The zero-order valence-electron chi connectivity index (χ0n) is 7.68. The Labute approximate surface area is 77.8 Å². The van der Waals surface area contributed by atoms with E-state index in [1.54, 1.807) is 0 Å². The van der Waals surface area contributed by atoms with Crippen LogP contribution in [0.4, 0.5) is 0 Å². The fourth-order valence-electron chi connectivity index (χ4n) is 1.40. The summed E-state index contributed by atoms with van der Waals surface area (Å²) in [4.78, 5) is 2.90. The SMILES string of the molecule is Cc1cc(CNC2CC2)c(C)s1. The molecule has 66 valence electrons. The summed E-state index contributed by atoms with van der Waals surface area (Å²) in [5.74, 6) is 0. The number of nitrogens with one attached hydrogen (secondary N) is 1. The second kappa shape index (κ2) is 3.19. The van der Waals surface area contributed by atoms with Gasteiger partial charge in [-0.25, -0.2) is 0 Å². The molecule has 0 unspecified atom stereocenters. The molecule has 1 heterocycles. The van der Waals surface area contributed by atoms with E-state index < -0.39 is 0 Å².